The fraction of sp³-hybridized carbons (Fsp3) is 0.350. The normalized spacial score (nSPS) is 15.4. The first-order valence-electron chi connectivity index (χ1n) is 9.46. The number of rotatable bonds is 6. The number of aliphatic carboxylic acids is 1. The molecule has 0 amide bonds. The number of aryl methyl sites for hydroxylation is 1. The van der Waals surface area contributed by atoms with Crippen molar-refractivity contribution in [1.82, 2.24) is 24.9 Å². The number of aromatic nitrogens is 5. The number of carboxylic acid groups (broad SMARTS) is 1. The molecule has 4 rings (SSSR count). The summed E-state index contributed by atoms with van der Waals surface area (Å²) in [7, 11) is 0. The van der Waals surface area contributed by atoms with Crippen molar-refractivity contribution in [3.63, 3.8) is 0 Å². The van der Waals surface area contributed by atoms with Crippen LogP contribution in [0.15, 0.2) is 30.9 Å². The fourth-order valence-electron chi connectivity index (χ4n) is 3.30. The fourth-order valence-corrected chi connectivity index (χ4v) is 3.30. The van der Waals surface area contributed by atoms with Gasteiger partial charge in [0, 0.05) is 17.8 Å². The lowest BCUT2D eigenvalue weighted by Crippen LogP contribution is -2.43. The molecule has 1 aliphatic carbocycles. The van der Waals surface area contributed by atoms with Crippen molar-refractivity contribution in [2.24, 2.45) is 5.41 Å². The summed E-state index contributed by atoms with van der Waals surface area (Å²) in [5.41, 5.74) is 0.289. The number of halogens is 3. The minimum absolute atomic E-state index is 0.0340. The number of hydrogen-bond donors (Lipinski definition) is 2. The molecule has 1 fully saturated rings. The molecule has 0 saturated heterocycles. The van der Waals surface area contributed by atoms with E-state index < -0.39 is 23.3 Å². The third-order valence-corrected chi connectivity index (χ3v) is 5.40. The predicted octanol–water partition coefficient (Wildman–Crippen LogP) is 3.89. The molecule has 0 aromatic carbocycles. The van der Waals surface area contributed by atoms with Crippen molar-refractivity contribution >= 4 is 5.97 Å². The Labute approximate surface area is 174 Å². The number of nitrogens with one attached hydrogen (secondary N) is 1. The van der Waals surface area contributed by atoms with Gasteiger partial charge in [-0.1, -0.05) is 6.42 Å². The van der Waals surface area contributed by atoms with E-state index in [4.69, 9.17) is 4.74 Å². The van der Waals surface area contributed by atoms with Crippen LogP contribution in [0.2, 0.25) is 0 Å². The molecule has 11 heteroatoms. The van der Waals surface area contributed by atoms with Gasteiger partial charge in [-0.3, -0.25) is 9.78 Å². The lowest BCUT2D eigenvalue weighted by Gasteiger charge is -2.36. The number of H-pyrrole nitrogens is 1. The highest BCUT2D eigenvalue weighted by Gasteiger charge is 2.45. The van der Waals surface area contributed by atoms with Crippen molar-refractivity contribution < 1.29 is 27.8 Å². The van der Waals surface area contributed by atoms with E-state index in [1.165, 1.54) is 18.6 Å². The maximum Gasteiger partial charge on any atom is 0.432 e. The number of carbonyl (C=O) groups is 1. The third-order valence-electron chi connectivity index (χ3n) is 5.40. The Balaban J connectivity index is 1.48. The number of pyridine rings is 1. The van der Waals surface area contributed by atoms with Gasteiger partial charge in [0.15, 0.2) is 5.82 Å². The van der Waals surface area contributed by atoms with Crippen LogP contribution in [0.3, 0.4) is 0 Å². The Bertz CT molecular complexity index is 1110. The summed E-state index contributed by atoms with van der Waals surface area (Å²) in [6, 6.07) is 1.68. The zero-order valence-corrected chi connectivity index (χ0v) is 16.4. The molecule has 0 bridgehead atoms. The van der Waals surface area contributed by atoms with Gasteiger partial charge in [0.05, 0.1) is 24.3 Å². The van der Waals surface area contributed by atoms with E-state index in [0.29, 0.717) is 36.2 Å². The summed E-state index contributed by atoms with van der Waals surface area (Å²) >= 11 is 0. The standard InChI is InChI=1S/C20H18F3N5O3/c1-11-5-16(31-10-19(18(29)30)3-2-4-19)26-6-12(11)13-7-25-14(8-24-13)17-27-9-15(28-17)20(21,22)23/h5-9H,2-4,10H2,1H3,(H,27,28)(H,29,30). The van der Waals surface area contributed by atoms with E-state index >= 15 is 0 Å². The highest BCUT2D eigenvalue weighted by atomic mass is 19.4. The Kier molecular flexibility index (Phi) is 5.11. The van der Waals surface area contributed by atoms with Crippen LogP contribution in [0.4, 0.5) is 13.2 Å². The number of hydrogen-bond acceptors (Lipinski definition) is 6. The van der Waals surface area contributed by atoms with Crippen LogP contribution in [-0.2, 0) is 11.0 Å². The maximum absolute atomic E-state index is 12.7. The SMILES string of the molecule is Cc1cc(OCC2(C(=O)O)CCC2)ncc1-c1cnc(-c2ncc(C(F)(F)F)[nH]2)cn1. The molecule has 3 aromatic heterocycles. The summed E-state index contributed by atoms with van der Waals surface area (Å²) in [6.45, 7) is 1.88. The molecule has 2 N–H and O–H groups in total. The first-order valence-corrected chi connectivity index (χ1v) is 9.46. The van der Waals surface area contributed by atoms with Crippen molar-refractivity contribution in [2.45, 2.75) is 32.4 Å². The molecular weight excluding hydrogens is 415 g/mol. The molecule has 3 aromatic rings. The van der Waals surface area contributed by atoms with Gasteiger partial charge in [0.2, 0.25) is 5.88 Å². The van der Waals surface area contributed by atoms with Crippen molar-refractivity contribution in [1.29, 1.82) is 0 Å². The van der Waals surface area contributed by atoms with E-state index in [1.807, 2.05) is 6.92 Å². The molecule has 3 heterocycles. The molecular formula is C20H18F3N5O3. The van der Waals surface area contributed by atoms with Gasteiger partial charge in [-0.15, -0.1) is 0 Å². The number of alkyl halides is 3. The predicted molar refractivity (Wildman–Crippen MR) is 102 cm³/mol. The Hall–Kier alpha value is -3.50. The lowest BCUT2D eigenvalue weighted by atomic mass is 9.69. The largest absolute Gasteiger partial charge is 0.481 e. The molecule has 0 radical (unpaired) electrons. The molecule has 8 nitrogen and oxygen atoms in total. The molecule has 31 heavy (non-hydrogen) atoms. The van der Waals surface area contributed by atoms with Gasteiger partial charge in [0.25, 0.3) is 0 Å². The van der Waals surface area contributed by atoms with Crippen LogP contribution in [-0.4, -0.2) is 42.6 Å². The Morgan fingerprint density at radius 1 is 1.13 bits per heavy atom. The number of carboxylic acids is 1. The van der Waals surface area contributed by atoms with E-state index in [-0.39, 0.29) is 18.1 Å². The van der Waals surface area contributed by atoms with Gasteiger partial charge >= 0.3 is 12.1 Å². The first-order chi connectivity index (χ1) is 14.7. The van der Waals surface area contributed by atoms with Crippen LogP contribution in [0.1, 0.15) is 30.5 Å². The van der Waals surface area contributed by atoms with E-state index in [0.717, 1.165) is 12.0 Å². The first kappa shape index (κ1) is 20.8. The second kappa shape index (κ2) is 7.64. The number of ether oxygens (including phenoxy) is 1. The van der Waals surface area contributed by atoms with Crippen LogP contribution in [0.25, 0.3) is 22.8 Å². The summed E-state index contributed by atoms with van der Waals surface area (Å²) in [4.78, 5) is 29.9. The minimum atomic E-state index is -4.52. The van der Waals surface area contributed by atoms with Crippen LogP contribution >= 0.6 is 0 Å². The zero-order valence-electron chi connectivity index (χ0n) is 16.4. The van der Waals surface area contributed by atoms with Crippen molar-refractivity contribution in [3.8, 4) is 28.7 Å². The zero-order chi connectivity index (χ0) is 22.2. The van der Waals surface area contributed by atoms with Crippen molar-refractivity contribution in [2.75, 3.05) is 6.61 Å². The van der Waals surface area contributed by atoms with E-state index in [9.17, 15) is 23.1 Å². The minimum Gasteiger partial charge on any atom is -0.481 e. The Morgan fingerprint density at radius 2 is 1.84 bits per heavy atom. The molecule has 0 atom stereocenters. The monoisotopic (exact) mass is 433 g/mol. The van der Waals surface area contributed by atoms with Gasteiger partial charge < -0.3 is 14.8 Å². The molecule has 0 spiro atoms. The van der Waals surface area contributed by atoms with E-state index in [2.05, 4.69) is 24.9 Å². The van der Waals surface area contributed by atoms with Gasteiger partial charge in [-0.25, -0.2) is 15.0 Å². The molecule has 162 valence electrons. The van der Waals surface area contributed by atoms with Gasteiger partial charge in [-0.2, -0.15) is 13.2 Å². The molecule has 1 saturated carbocycles. The number of aromatic amines is 1. The lowest BCUT2D eigenvalue weighted by molar-refractivity contribution is -0.157. The average Bonchev–Trinajstić information content (AvgIpc) is 3.18. The molecule has 0 aliphatic heterocycles. The maximum atomic E-state index is 12.7. The average molecular weight is 433 g/mol. The molecule has 0 unspecified atom stereocenters. The highest BCUT2D eigenvalue weighted by molar-refractivity contribution is 5.76. The van der Waals surface area contributed by atoms with E-state index in [1.54, 1.807) is 6.07 Å². The van der Waals surface area contributed by atoms with Crippen LogP contribution in [0.5, 0.6) is 5.88 Å². The number of nitrogens with zero attached hydrogens (tertiary/aromatic N) is 4. The summed E-state index contributed by atoms with van der Waals surface area (Å²) in [5, 5.41) is 9.38. The summed E-state index contributed by atoms with van der Waals surface area (Å²) in [6.07, 6.45) is 2.50. The topological polar surface area (TPSA) is 114 Å². The smallest absolute Gasteiger partial charge is 0.432 e. The second-order valence-corrected chi connectivity index (χ2v) is 7.50. The third kappa shape index (κ3) is 4.07. The second-order valence-electron chi connectivity index (χ2n) is 7.50. The van der Waals surface area contributed by atoms with Crippen molar-refractivity contribution in [3.05, 3.63) is 42.1 Å². The van der Waals surface area contributed by atoms with Gasteiger partial charge in [-0.05, 0) is 25.3 Å². The quantitative estimate of drug-likeness (QED) is 0.606. The molecule has 1 aliphatic rings. The Morgan fingerprint density at radius 3 is 2.35 bits per heavy atom. The van der Waals surface area contributed by atoms with Crippen LogP contribution < -0.4 is 4.74 Å². The van der Waals surface area contributed by atoms with Gasteiger partial charge in [0.1, 0.15) is 23.4 Å². The highest BCUT2D eigenvalue weighted by Crippen LogP contribution is 2.41. The summed E-state index contributed by atoms with van der Waals surface area (Å²) < 4.78 is 43.7. The van der Waals surface area contributed by atoms with Crippen LogP contribution in [0, 0.1) is 12.3 Å². The summed E-state index contributed by atoms with van der Waals surface area (Å²) in [5.74, 6) is -0.580. The number of imidazole rings is 1.